The van der Waals surface area contributed by atoms with E-state index in [0.717, 1.165) is 0 Å². The third-order valence-electron chi connectivity index (χ3n) is 0.794. The molecular formula is C3H10N4O2. The molecule has 3 N–H and O–H groups in total. The van der Waals surface area contributed by atoms with E-state index >= 15 is 0 Å². The average molecular weight is 134 g/mol. The second kappa shape index (κ2) is 3.21. The van der Waals surface area contributed by atoms with Crippen LogP contribution < -0.4 is 11.2 Å². The average Bonchev–Trinajstić information content (AvgIpc) is 1.63. The predicted octanol–water partition coefficient (Wildman–Crippen LogP) is -1.43. The van der Waals surface area contributed by atoms with Gasteiger partial charge in [-0.05, 0) is 14.1 Å². The van der Waals surface area contributed by atoms with Crippen LogP contribution in [0.25, 0.3) is 0 Å². The molecule has 0 amide bonds. The zero-order chi connectivity index (χ0) is 7.44. The molecule has 6 nitrogen and oxygen atoms in total. The maximum atomic E-state index is 9.70. The summed E-state index contributed by atoms with van der Waals surface area (Å²) in [6.45, 7) is 0. The van der Waals surface area contributed by atoms with E-state index in [1.165, 1.54) is 4.90 Å². The summed E-state index contributed by atoms with van der Waals surface area (Å²) in [6.07, 6.45) is -0.722. The molecule has 0 aromatic heterocycles. The van der Waals surface area contributed by atoms with Crippen LogP contribution in [0.4, 0.5) is 0 Å². The molecule has 0 heterocycles. The van der Waals surface area contributed by atoms with Crippen LogP contribution in [0, 0.1) is 10.1 Å². The number of hydrogen-bond acceptors (Lipinski definition) is 4. The number of nitrogens with two attached hydrogens (primary N) is 1. The third kappa shape index (κ3) is 3.68. The van der Waals surface area contributed by atoms with Gasteiger partial charge >= 0.3 is 0 Å². The fraction of sp³-hybridized carbons (Fsp3) is 1.00. The Labute approximate surface area is 52.7 Å². The number of hydrogen-bond donors (Lipinski definition) is 2. The largest absolute Gasteiger partial charge is 0.294 e. The van der Waals surface area contributed by atoms with Gasteiger partial charge in [0, 0.05) is 0 Å². The normalized spacial score (nSPS) is 13.3. The quantitative estimate of drug-likeness (QED) is 0.281. The number of nitro groups is 1. The Bertz CT molecular complexity index is 104. The number of nitrogens with zero attached hydrogens (tertiary/aromatic N) is 2. The molecule has 0 bridgehead atoms. The first kappa shape index (κ1) is 8.12. The van der Waals surface area contributed by atoms with E-state index in [0.29, 0.717) is 0 Å². The molecule has 0 aliphatic heterocycles. The highest BCUT2D eigenvalue weighted by atomic mass is 16.7. The summed E-state index contributed by atoms with van der Waals surface area (Å²) >= 11 is 0. The van der Waals surface area contributed by atoms with Crippen molar-refractivity contribution in [2.45, 2.75) is 6.29 Å². The van der Waals surface area contributed by atoms with E-state index in [9.17, 15) is 10.1 Å². The van der Waals surface area contributed by atoms with Gasteiger partial charge in [0.25, 0.3) is 0 Å². The van der Waals surface area contributed by atoms with Crippen molar-refractivity contribution < 1.29 is 5.03 Å². The van der Waals surface area contributed by atoms with Gasteiger partial charge in [-0.15, -0.1) is 5.43 Å². The van der Waals surface area contributed by atoms with Crippen molar-refractivity contribution in [1.29, 1.82) is 0 Å². The summed E-state index contributed by atoms with van der Waals surface area (Å²) in [5.74, 6) is 0. The Morgan fingerprint density at radius 1 is 1.78 bits per heavy atom. The predicted molar refractivity (Wildman–Crippen MR) is 31.8 cm³/mol. The van der Waals surface area contributed by atoms with Crippen LogP contribution in [0.5, 0.6) is 0 Å². The van der Waals surface area contributed by atoms with Crippen molar-refractivity contribution in [3.05, 3.63) is 10.1 Å². The second-order valence-corrected chi connectivity index (χ2v) is 1.79. The molecule has 0 fully saturated rings. The van der Waals surface area contributed by atoms with Crippen molar-refractivity contribution in [3.63, 3.8) is 0 Å². The molecule has 54 valence electrons. The Morgan fingerprint density at radius 2 is 2.22 bits per heavy atom. The third-order valence-corrected chi connectivity index (χ3v) is 0.794. The molecule has 1 unspecified atom stereocenters. The maximum absolute atomic E-state index is 9.70. The Hall–Kier alpha value is -0.880. The number of rotatable bonds is 3. The summed E-state index contributed by atoms with van der Waals surface area (Å²) < 4.78 is 0. The van der Waals surface area contributed by atoms with Crippen LogP contribution in [0.2, 0.25) is 0 Å². The first-order valence-corrected chi connectivity index (χ1v) is 2.36. The van der Waals surface area contributed by atoms with Crippen LogP contribution in [-0.4, -0.2) is 30.3 Å². The van der Waals surface area contributed by atoms with E-state index in [1.807, 2.05) is 5.43 Å². The van der Waals surface area contributed by atoms with Crippen LogP contribution in [-0.2, 0) is 0 Å². The van der Waals surface area contributed by atoms with Gasteiger partial charge in [0.2, 0.25) is 0 Å². The van der Waals surface area contributed by atoms with E-state index in [4.69, 9.17) is 5.73 Å². The van der Waals surface area contributed by atoms with E-state index in [-0.39, 0.29) is 0 Å². The van der Waals surface area contributed by atoms with Gasteiger partial charge in [0.05, 0.1) is 0 Å². The highest BCUT2D eigenvalue weighted by molar-refractivity contribution is 4.44. The molecule has 0 saturated heterocycles. The minimum atomic E-state index is -0.722. The lowest BCUT2D eigenvalue weighted by molar-refractivity contribution is -0.555. The first-order valence-electron chi connectivity index (χ1n) is 2.36. The van der Waals surface area contributed by atoms with Gasteiger partial charge in [0.1, 0.15) is 0 Å². The second-order valence-electron chi connectivity index (χ2n) is 1.79. The minimum Gasteiger partial charge on any atom is -0.294 e. The first-order chi connectivity index (χ1) is 4.04. The Morgan fingerprint density at radius 3 is 2.33 bits per heavy atom. The zero-order valence-electron chi connectivity index (χ0n) is 5.37. The topological polar surface area (TPSA) is 84.4 Å². The molecule has 0 rings (SSSR count). The van der Waals surface area contributed by atoms with Crippen LogP contribution >= 0.6 is 0 Å². The molecule has 0 aliphatic carbocycles. The van der Waals surface area contributed by atoms with Crippen molar-refractivity contribution >= 4 is 0 Å². The summed E-state index contributed by atoms with van der Waals surface area (Å²) in [4.78, 5) is 11.2. The molecule has 0 spiro atoms. The lowest BCUT2D eigenvalue weighted by Crippen LogP contribution is -2.50. The van der Waals surface area contributed by atoms with Crippen LogP contribution in [0.1, 0.15) is 0 Å². The van der Waals surface area contributed by atoms with Gasteiger partial charge in [-0.25, -0.2) is 10.1 Å². The molecule has 9 heavy (non-hydrogen) atoms. The molecule has 0 aromatic carbocycles. The fourth-order valence-corrected chi connectivity index (χ4v) is 0.223. The number of hydrazine groups is 1. The standard InChI is InChI=1S/C3H10N4O2/c1-6(2)3(4)5-7(8)9/h3,5H,4H2,1-2H3. The molecule has 0 radical (unpaired) electrons. The smallest absolute Gasteiger partial charge is 0.189 e. The molecule has 6 heteroatoms. The van der Waals surface area contributed by atoms with Crippen molar-refractivity contribution in [2.75, 3.05) is 14.1 Å². The SMILES string of the molecule is CN(C)C(N)N[N+](=O)[O-]. The summed E-state index contributed by atoms with van der Waals surface area (Å²) in [5, 5.41) is 9.03. The lowest BCUT2D eigenvalue weighted by Gasteiger charge is -2.14. The maximum Gasteiger partial charge on any atom is 0.189 e. The molecule has 0 aliphatic rings. The van der Waals surface area contributed by atoms with Crippen LogP contribution in [0.15, 0.2) is 0 Å². The monoisotopic (exact) mass is 134 g/mol. The summed E-state index contributed by atoms with van der Waals surface area (Å²) in [7, 11) is 3.28. The van der Waals surface area contributed by atoms with Crippen molar-refractivity contribution in [3.8, 4) is 0 Å². The highest BCUT2D eigenvalue weighted by Crippen LogP contribution is 1.75. The Balaban J connectivity index is 3.50. The lowest BCUT2D eigenvalue weighted by atomic mass is 10.8. The zero-order valence-corrected chi connectivity index (χ0v) is 5.37. The fourth-order valence-electron chi connectivity index (χ4n) is 0.223. The minimum absolute atomic E-state index is 0.676. The van der Waals surface area contributed by atoms with Gasteiger partial charge in [-0.1, -0.05) is 0 Å². The summed E-state index contributed by atoms with van der Waals surface area (Å²) in [6, 6.07) is 0. The van der Waals surface area contributed by atoms with Gasteiger partial charge in [-0.3, -0.25) is 10.6 Å². The van der Waals surface area contributed by atoms with Crippen LogP contribution in [0.3, 0.4) is 0 Å². The molecular weight excluding hydrogens is 124 g/mol. The molecule has 0 saturated carbocycles. The van der Waals surface area contributed by atoms with Crippen molar-refractivity contribution in [2.24, 2.45) is 5.73 Å². The van der Waals surface area contributed by atoms with E-state index in [2.05, 4.69) is 0 Å². The van der Waals surface area contributed by atoms with Gasteiger partial charge in [0.15, 0.2) is 11.3 Å². The van der Waals surface area contributed by atoms with Gasteiger partial charge < -0.3 is 0 Å². The Kier molecular flexibility index (Phi) is 2.89. The molecule has 1 atom stereocenters. The van der Waals surface area contributed by atoms with Crippen molar-refractivity contribution in [1.82, 2.24) is 10.3 Å². The molecule has 0 aromatic rings. The number of nitrogens with one attached hydrogen (secondary N) is 1. The summed E-state index contributed by atoms with van der Waals surface area (Å²) in [5.41, 5.74) is 7.06. The highest BCUT2D eigenvalue weighted by Gasteiger charge is 2.07. The van der Waals surface area contributed by atoms with E-state index < -0.39 is 11.3 Å². The van der Waals surface area contributed by atoms with E-state index in [1.54, 1.807) is 14.1 Å². The van der Waals surface area contributed by atoms with Gasteiger partial charge in [-0.2, -0.15) is 0 Å².